The van der Waals surface area contributed by atoms with Crippen LogP contribution in [0.2, 0.25) is 0 Å². The maximum atomic E-state index is 13.3. The molecule has 0 saturated heterocycles. The first-order valence-corrected chi connectivity index (χ1v) is 12.6. The maximum absolute atomic E-state index is 13.3. The Labute approximate surface area is 195 Å². The zero-order valence-electron chi connectivity index (χ0n) is 17.8. The predicted molar refractivity (Wildman–Crippen MR) is 126 cm³/mol. The van der Waals surface area contributed by atoms with Gasteiger partial charge in [0.1, 0.15) is 10.6 Å². The number of aromatic nitrogens is 3. The van der Waals surface area contributed by atoms with Crippen LogP contribution in [-0.4, -0.2) is 35.8 Å². The van der Waals surface area contributed by atoms with Crippen molar-refractivity contribution in [2.75, 3.05) is 11.3 Å². The van der Waals surface area contributed by atoms with E-state index in [4.69, 9.17) is 4.74 Å². The van der Waals surface area contributed by atoms with Gasteiger partial charge in [0.25, 0.3) is 10.0 Å². The number of sulfonamides is 1. The van der Waals surface area contributed by atoms with E-state index in [1.807, 2.05) is 60.7 Å². The molecule has 4 aromatic rings. The predicted octanol–water partition coefficient (Wildman–Crippen LogP) is 3.96. The number of rotatable bonds is 9. The van der Waals surface area contributed by atoms with Crippen LogP contribution >= 0.6 is 11.3 Å². The number of ether oxygens (including phenoxy) is 1. The summed E-state index contributed by atoms with van der Waals surface area (Å²) in [5.41, 5.74) is 2.48. The molecule has 1 N–H and O–H groups in total. The van der Waals surface area contributed by atoms with Gasteiger partial charge in [-0.25, -0.2) is 13.4 Å². The Morgan fingerprint density at radius 1 is 1.09 bits per heavy atom. The third-order valence-corrected chi connectivity index (χ3v) is 6.93. The first-order chi connectivity index (χ1) is 15.9. The van der Waals surface area contributed by atoms with Crippen LogP contribution in [0.15, 0.2) is 77.1 Å². The maximum Gasteiger partial charge on any atom is 0.311 e. The quantitative estimate of drug-likeness (QED) is 0.362. The van der Waals surface area contributed by atoms with Crippen molar-refractivity contribution in [3.63, 3.8) is 0 Å². The monoisotopic (exact) mass is 482 g/mol. The van der Waals surface area contributed by atoms with Gasteiger partial charge in [-0.3, -0.25) is 14.2 Å². The van der Waals surface area contributed by atoms with Gasteiger partial charge >= 0.3 is 5.97 Å². The highest BCUT2D eigenvalue weighted by molar-refractivity contribution is 7.93. The lowest BCUT2D eigenvalue weighted by Crippen LogP contribution is -2.13. The number of hydrogen-bond donors (Lipinski definition) is 1. The summed E-state index contributed by atoms with van der Waals surface area (Å²) in [5.74, 6) is -0.411. The van der Waals surface area contributed by atoms with Crippen molar-refractivity contribution in [3.05, 3.63) is 83.5 Å². The highest BCUT2D eigenvalue weighted by Gasteiger charge is 2.25. The summed E-state index contributed by atoms with van der Waals surface area (Å²) in [6, 6.07) is 18.8. The molecule has 0 unspecified atom stereocenters. The van der Waals surface area contributed by atoms with Gasteiger partial charge in [-0.2, -0.15) is 5.10 Å². The van der Waals surface area contributed by atoms with Crippen LogP contribution in [0.5, 0.6) is 0 Å². The molecule has 2 aromatic heterocycles. The number of carbonyl (C=O) groups is 1. The van der Waals surface area contributed by atoms with Crippen LogP contribution in [0.4, 0.5) is 5.13 Å². The van der Waals surface area contributed by atoms with Gasteiger partial charge in [0, 0.05) is 17.1 Å². The topological polar surface area (TPSA) is 103 Å². The average Bonchev–Trinajstić information content (AvgIpc) is 3.42. The summed E-state index contributed by atoms with van der Waals surface area (Å²) in [6.07, 6.45) is 1.50. The molecular weight excluding hydrogens is 460 g/mol. The summed E-state index contributed by atoms with van der Waals surface area (Å²) in [4.78, 5) is 15.9. The summed E-state index contributed by atoms with van der Waals surface area (Å²) in [7, 11) is -3.99. The smallest absolute Gasteiger partial charge is 0.311 e. The zero-order chi connectivity index (χ0) is 23.3. The highest BCUT2D eigenvalue weighted by Crippen LogP contribution is 2.29. The van der Waals surface area contributed by atoms with Gasteiger partial charge in [0.15, 0.2) is 5.13 Å². The molecule has 2 aromatic carbocycles. The lowest BCUT2D eigenvalue weighted by atomic mass is 10.2. The standard InChI is InChI=1S/C23H22N4O4S2/c1-2-31-21(28)13-19-16-32-23(24-19)26-33(29,30)20-15-27(14-17-9-5-3-6-10-17)25-22(20)18-11-7-4-8-12-18/h3-12,15-16H,2,13-14H2,1H3,(H,24,26). The van der Waals surface area contributed by atoms with Gasteiger partial charge in [0.2, 0.25) is 0 Å². The first kappa shape index (κ1) is 22.7. The minimum Gasteiger partial charge on any atom is -0.466 e. The van der Waals surface area contributed by atoms with E-state index in [1.54, 1.807) is 17.0 Å². The number of carbonyl (C=O) groups excluding carboxylic acids is 1. The Bertz CT molecular complexity index is 1330. The number of anilines is 1. The molecule has 0 radical (unpaired) electrons. The Balaban J connectivity index is 1.63. The highest BCUT2D eigenvalue weighted by atomic mass is 32.2. The van der Waals surface area contributed by atoms with E-state index in [0.29, 0.717) is 23.5 Å². The van der Waals surface area contributed by atoms with E-state index in [2.05, 4.69) is 14.8 Å². The van der Waals surface area contributed by atoms with Crippen LogP contribution < -0.4 is 4.72 Å². The lowest BCUT2D eigenvalue weighted by Gasteiger charge is -2.05. The molecular formula is C23H22N4O4S2. The molecule has 10 heteroatoms. The van der Waals surface area contributed by atoms with Crippen molar-refractivity contribution in [2.24, 2.45) is 0 Å². The summed E-state index contributed by atoms with van der Waals surface area (Å²) < 4.78 is 35.7. The molecule has 0 aliphatic rings. The van der Waals surface area contributed by atoms with E-state index in [1.165, 1.54) is 6.20 Å². The summed E-state index contributed by atoms with van der Waals surface area (Å²) in [5, 5.41) is 6.37. The number of benzene rings is 2. The minimum atomic E-state index is -3.99. The SMILES string of the molecule is CCOC(=O)Cc1csc(NS(=O)(=O)c2cn(Cc3ccccc3)nc2-c2ccccc2)n1. The van der Waals surface area contributed by atoms with Crippen LogP contribution in [-0.2, 0) is 32.5 Å². The molecule has 2 heterocycles. The third kappa shape index (κ3) is 5.65. The minimum absolute atomic E-state index is 0.0175. The fourth-order valence-corrected chi connectivity index (χ4v) is 5.35. The van der Waals surface area contributed by atoms with E-state index >= 15 is 0 Å². The summed E-state index contributed by atoms with van der Waals surface area (Å²) >= 11 is 1.11. The van der Waals surface area contributed by atoms with Gasteiger partial charge in [-0.05, 0) is 12.5 Å². The second kappa shape index (κ2) is 9.97. The first-order valence-electron chi connectivity index (χ1n) is 10.2. The molecule has 0 bridgehead atoms. The molecule has 8 nitrogen and oxygen atoms in total. The molecule has 0 aliphatic heterocycles. The third-order valence-electron chi connectivity index (χ3n) is 4.66. The second-order valence-electron chi connectivity index (χ2n) is 7.12. The molecule has 0 saturated carbocycles. The van der Waals surface area contributed by atoms with Crippen molar-refractivity contribution < 1.29 is 17.9 Å². The van der Waals surface area contributed by atoms with Crippen molar-refractivity contribution in [1.82, 2.24) is 14.8 Å². The molecule has 0 spiro atoms. The van der Waals surface area contributed by atoms with E-state index in [0.717, 1.165) is 16.9 Å². The Morgan fingerprint density at radius 2 is 1.79 bits per heavy atom. The van der Waals surface area contributed by atoms with Crippen LogP contribution in [0.1, 0.15) is 18.2 Å². The normalized spacial score (nSPS) is 11.3. The number of nitrogens with one attached hydrogen (secondary N) is 1. The fourth-order valence-electron chi connectivity index (χ4n) is 3.21. The van der Waals surface area contributed by atoms with Gasteiger partial charge in [0.05, 0.1) is 25.3 Å². The van der Waals surface area contributed by atoms with Gasteiger partial charge in [-0.1, -0.05) is 60.7 Å². The van der Waals surface area contributed by atoms with Crippen LogP contribution in [0.3, 0.4) is 0 Å². The number of hydrogen-bond acceptors (Lipinski definition) is 7. The Kier molecular flexibility index (Phi) is 6.85. The molecule has 0 atom stereocenters. The largest absolute Gasteiger partial charge is 0.466 e. The second-order valence-corrected chi connectivity index (χ2v) is 9.63. The molecule has 4 rings (SSSR count). The summed E-state index contributed by atoms with van der Waals surface area (Å²) in [6.45, 7) is 2.43. The Hall–Kier alpha value is -3.50. The molecule has 0 aliphatic carbocycles. The molecule has 0 fully saturated rings. The Morgan fingerprint density at radius 3 is 2.48 bits per heavy atom. The van der Waals surface area contributed by atoms with Crippen LogP contribution in [0.25, 0.3) is 11.3 Å². The van der Waals surface area contributed by atoms with Crippen molar-refractivity contribution in [1.29, 1.82) is 0 Å². The fraction of sp³-hybridized carbons (Fsp3) is 0.174. The van der Waals surface area contributed by atoms with E-state index in [-0.39, 0.29) is 23.1 Å². The van der Waals surface area contributed by atoms with Crippen molar-refractivity contribution >= 4 is 32.5 Å². The van der Waals surface area contributed by atoms with E-state index < -0.39 is 16.0 Å². The van der Waals surface area contributed by atoms with Crippen molar-refractivity contribution in [3.8, 4) is 11.3 Å². The number of nitrogens with zero attached hydrogens (tertiary/aromatic N) is 3. The average molecular weight is 483 g/mol. The van der Waals surface area contributed by atoms with Crippen LogP contribution in [0, 0.1) is 0 Å². The molecule has 0 amide bonds. The molecule has 33 heavy (non-hydrogen) atoms. The molecule has 170 valence electrons. The van der Waals surface area contributed by atoms with E-state index in [9.17, 15) is 13.2 Å². The lowest BCUT2D eigenvalue weighted by molar-refractivity contribution is -0.142. The number of thiazole rings is 1. The number of esters is 1. The van der Waals surface area contributed by atoms with Gasteiger partial charge < -0.3 is 4.74 Å². The zero-order valence-corrected chi connectivity index (χ0v) is 19.5. The van der Waals surface area contributed by atoms with Gasteiger partial charge in [-0.15, -0.1) is 11.3 Å². The van der Waals surface area contributed by atoms with Crippen molar-refractivity contribution in [2.45, 2.75) is 24.8 Å².